The lowest BCUT2D eigenvalue weighted by atomic mass is 10.1. The fourth-order valence-corrected chi connectivity index (χ4v) is 5.23. The van der Waals surface area contributed by atoms with E-state index in [1.54, 1.807) is 19.3 Å². The minimum absolute atomic E-state index is 0.0520. The molecule has 0 fully saturated rings. The number of aryl methyl sites for hydroxylation is 1. The smallest absolute Gasteiger partial charge is 0.283 e. The summed E-state index contributed by atoms with van der Waals surface area (Å²) in [5, 5.41) is 16.7. The van der Waals surface area contributed by atoms with Crippen LogP contribution in [0.1, 0.15) is 56.0 Å². The van der Waals surface area contributed by atoms with Gasteiger partial charge in [0.15, 0.2) is 5.84 Å². The summed E-state index contributed by atoms with van der Waals surface area (Å²) in [6, 6.07) is 7.43. The lowest BCUT2D eigenvalue weighted by molar-refractivity contribution is -0.114. The zero-order valence-electron chi connectivity index (χ0n) is 19.8. The number of fused-ring (bicyclic) bond motifs is 1. The highest BCUT2D eigenvalue weighted by molar-refractivity contribution is 8.26. The summed E-state index contributed by atoms with van der Waals surface area (Å²) in [6.07, 6.45) is 7.13. The number of nitrogens with one attached hydrogen (secondary N) is 1. The monoisotopic (exact) mass is 497 g/mol. The second-order valence-electron chi connectivity index (χ2n) is 8.30. The van der Waals surface area contributed by atoms with Gasteiger partial charge in [0.05, 0.1) is 18.4 Å². The molecule has 2 aromatic rings. The molecule has 0 radical (unpaired) electrons. The van der Waals surface area contributed by atoms with Crippen LogP contribution in [0.25, 0.3) is 11.8 Å². The average Bonchev–Trinajstić information content (AvgIpc) is 3.33. The van der Waals surface area contributed by atoms with Gasteiger partial charge in [-0.15, -0.1) is 0 Å². The molecular weight excluding hydrogens is 470 g/mol. The molecule has 0 atom stereocenters. The summed E-state index contributed by atoms with van der Waals surface area (Å²) >= 11 is 7.64. The Morgan fingerprint density at radius 1 is 1.21 bits per heavy atom. The van der Waals surface area contributed by atoms with Gasteiger partial charge in [-0.25, -0.2) is 0 Å². The Kier molecular flexibility index (Phi) is 7.28. The number of aliphatic imine (C=N–C) groups is 1. The largest absolute Gasteiger partial charge is 0.495 e. The molecular formula is C25H28ClN5O2S. The van der Waals surface area contributed by atoms with E-state index in [1.807, 2.05) is 36.6 Å². The molecule has 0 bridgehead atoms. The van der Waals surface area contributed by atoms with Crippen molar-refractivity contribution < 1.29 is 9.53 Å². The van der Waals surface area contributed by atoms with E-state index in [4.69, 9.17) is 21.7 Å². The predicted molar refractivity (Wildman–Crippen MR) is 141 cm³/mol. The third-order valence-electron chi connectivity index (χ3n) is 5.89. The normalized spacial score (nSPS) is 16.7. The van der Waals surface area contributed by atoms with Crippen LogP contribution >= 0.6 is 23.4 Å². The van der Waals surface area contributed by atoms with Crippen molar-refractivity contribution in [2.24, 2.45) is 10.1 Å². The summed E-state index contributed by atoms with van der Waals surface area (Å²) in [4.78, 5) is 17.1. The van der Waals surface area contributed by atoms with E-state index in [9.17, 15) is 4.79 Å². The Balaban J connectivity index is 1.64. The first kappa shape index (κ1) is 24.3. The van der Waals surface area contributed by atoms with Gasteiger partial charge in [-0.3, -0.25) is 10.2 Å². The van der Waals surface area contributed by atoms with Crippen LogP contribution < -0.4 is 4.74 Å². The quantitative estimate of drug-likeness (QED) is 0.340. The number of aromatic nitrogens is 1. The van der Waals surface area contributed by atoms with Gasteiger partial charge in [0.25, 0.3) is 5.91 Å². The molecule has 9 heteroatoms. The van der Waals surface area contributed by atoms with E-state index < -0.39 is 5.91 Å². The molecule has 2 aliphatic rings. The summed E-state index contributed by atoms with van der Waals surface area (Å²) < 4.78 is 7.56. The van der Waals surface area contributed by atoms with Crippen molar-refractivity contribution in [3.63, 3.8) is 0 Å². The Hall–Kier alpha value is -2.84. The minimum atomic E-state index is -0.420. The van der Waals surface area contributed by atoms with Crippen molar-refractivity contribution in [3.8, 4) is 11.4 Å². The Morgan fingerprint density at radius 2 is 2.00 bits per heavy atom. The number of hydrogen-bond acceptors (Lipinski definition) is 5. The van der Waals surface area contributed by atoms with Crippen LogP contribution in [0.2, 0.25) is 5.02 Å². The molecule has 0 unspecified atom stereocenters. The van der Waals surface area contributed by atoms with Crippen LogP contribution in [-0.4, -0.2) is 38.6 Å². The second-order valence-corrected chi connectivity index (χ2v) is 9.78. The van der Waals surface area contributed by atoms with Gasteiger partial charge in [0, 0.05) is 16.4 Å². The number of rotatable bonds is 8. The highest BCUT2D eigenvalue weighted by atomic mass is 35.5. The van der Waals surface area contributed by atoms with Crippen LogP contribution in [0.3, 0.4) is 0 Å². The fraction of sp³-hybridized carbons (Fsp3) is 0.360. The number of carbonyl (C=O) groups excluding carboxylic acids is 1. The molecule has 1 N–H and O–H groups in total. The number of benzene rings is 1. The van der Waals surface area contributed by atoms with Gasteiger partial charge in [-0.2, -0.15) is 15.1 Å². The highest BCUT2D eigenvalue weighted by Gasteiger charge is 2.35. The number of thioether (sulfide) groups is 1. The number of unbranched alkanes of at least 4 members (excludes halogenated alkanes) is 3. The lowest BCUT2D eigenvalue weighted by Crippen LogP contribution is -2.35. The summed E-state index contributed by atoms with van der Waals surface area (Å²) in [5.41, 5.74) is 3.71. The van der Waals surface area contributed by atoms with Crippen molar-refractivity contribution in [1.29, 1.82) is 5.41 Å². The van der Waals surface area contributed by atoms with E-state index in [0.717, 1.165) is 46.9 Å². The summed E-state index contributed by atoms with van der Waals surface area (Å²) in [7, 11) is 1.62. The van der Waals surface area contributed by atoms with E-state index >= 15 is 0 Å². The molecule has 0 spiro atoms. The zero-order chi connectivity index (χ0) is 24.4. The fourth-order valence-electron chi connectivity index (χ4n) is 4.13. The average molecular weight is 498 g/mol. The SMILES string of the molecule is CCCCCCC1=NN2C(=N)/C(=C\c3cc(C)n(-c4cc(Cl)ccc4OC)c3C)C(=O)N=C2S1. The number of nitrogens with zero attached hydrogens (tertiary/aromatic N) is 4. The standard InChI is InChI=1S/C25H28ClN5O2S/c1-5-6-7-8-9-22-29-31-23(27)19(24(32)28-25(31)34-22)13-17-12-15(2)30(16(17)3)20-14-18(26)10-11-21(20)33-4/h10-14,27H,5-9H2,1-4H3/b19-13+,27-23?. The molecule has 4 rings (SSSR count). The van der Waals surface area contributed by atoms with Gasteiger partial charge in [0.2, 0.25) is 5.17 Å². The van der Waals surface area contributed by atoms with Crippen molar-refractivity contribution >= 4 is 51.4 Å². The number of amides is 1. The second kappa shape index (κ2) is 10.2. The maximum Gasteiger partial charge on any atom is 0.283 e. The van der Waals surface area contributed by atoms with E-state index in [-0.39, 0.29) is 11.4 Å². The molecule has 178 valence electrons. The van der Waals surface area contributed by atoms with Crippen LogP contribution in [0.5, 0.6) is 5.75 Å². The first-order valence-corrected chi connectivity index (χ1v) is 12.6. The highest BCUT2D eigenvalue weighted by Crippen LogP contribution is 2.33. The summed E-state index contributed by atoms with van der Waals surface area (Å²) in [5.74, 6) is 0.323. The number of halogens is 1. The molecule has 7 nitrogen and oxygen atoms in total. The van der Waals surface area contributed by atoms with Gasteiger partial charge in [0.1, 0.15) is 10.8 Å². The molecule has 3 heterocycles. The van der Waals surface area contributed by atoms with Gasteiger partial charge < -0.3 is 9.30 Å². The molecule has 1 aromatic carbocycles. The van der Waals surface area contributed by atoms with Crippen LogP contribution in [0, 0.1) is 19.3 Å². The maximum absolute atomic E-state index is 12.8. The molecule has 1 aromatic heterocycles. The van der Waals surface area contributed by atoms with Crippen molar-refractivity contribution in [2.75, 3.05) is 7.11 Å². The lowest BCUT2D eigenvalue weighted by Gasteiger charge is -2.20. The van der Waals surface area contributed by atoms with Crippen molar-refractivity contribution in [1.82, 2.24) is 9.58 Å². The van der Waals surface area contributed by atoms with Crippen LogP contribution in [0.4, 0.5) is 0 Å². The molecule has 34 heavy (non-hydrogen) atoms. The van der Waals surface area contributed by atoms with Crippen LogP contribution in [-0.2, 0) is 4.79 Å². The molecule has 0 aliphatic carbocycles. The number of hydrazone groups is 1. The van der Waals surface area contributed by atoms with Gasteiger partial charge in [-0.1, -0.05) is 37.8 Å². The molecule has 2 aliphatic heterocycles. The first-order valence-electron chi connectivity index (χ1n) is 11.4. The Labute approximate surface area is 209 Å². The predicted octanol–water partition coefficient (Wildman–Crippen LogP) is 6.35. The number of methoxy groups -OCH3 is 1. The van der Waals surface area contributed by atoms with Gasteiger partial charge >= 0.3 is 0 Å². The first-order chi connectivity index (χ1) is 16.3. The number of hydrogen-bond donors (Lipinski definition) is 1. The Morgan fingerprint density at radius 3 is 2.74 bits per heavy atom. The third-order valence-corrected chi connectivity index (χ3v) is 7.10. The van der Waals surface area contributed by atoms with E-state index in [1.165, 1.54) is 29.6 Å². The minimum Gasteiger partial charge on any atom is -0.495 e. The van der Waals surface area contributed by atoms with Gasteiger partial charge in [-0.05, 0) is 74.4 Å². The molecule has 0 saturated heterocycles. The maximum atomic E-state index is 12.8. The van der Waals surface area contributed by atoms with Crippen LogP contribution in [0.15, 0.2) is 39.9 Å². The topological polar surface area (TPSA) is 83.0 Å². The number of carbonyl (C=O) groups is 1. The van der Waals surface area contributed by atoms with E-state index in [2.05, 4.69) is 17.0 Å². The van der Waals surface area contributed by atoms with E-state index in [0.29, 0.717) is 15.9 Å². The van der Waals surface area contributed by atoms with Crippen molar-refractivity contribution in [2.45, 2.75) is 52.9 Å². The summed E-state index contributed by atoms with van der Waals surface area (Å²) in [6.45, 7) is 6.12. The molecule has 0 saturated carbocycles. The van der Waals surface area contributed by atoms with Crippen molar-refractivity contribution in [3.05, 3.63) is 51.8 Å². The Bertz CT molecular complexity index is 1240. The number of ether oxygens (including phenoxy) is 1. The third kappa shape index (κ3) is 4.70. The zero-order valence-corrected chi connectivity index (χ0v) is 21.4. The number of amidine groups is 2. The molecule has 1 amide bonds.